The molecule has 0 fully saturated rings. The molecule has 0 aliphatic rings. The highest BCUT2D eigenvalue weighted by atomic mass is 35.5. The zero-order chi connectivity index (χ0) is 13.2. The lowest BCUT2D eigenvalue weighted by molar-refractivity contribution is -0.130. The molecule has 1 amide bonds. The van der Waals surface area contributed by atoms with Crippen molar-refractivity contribution in [1.82, 2.24) is 0 Å². The molecular weight excluding hydrogens is 308 g/mol. The van der Waals surface area contributed by atoms with Gasteiger partial charge in [-0.1, -0.05) is 34.8 Å². The average Bonchev–Trinajstić information content (AvgIpc) is 2.25. The molecule has 0 radical (unpaired) electrons. The van der Waals surface area contributed by atoms with Gasteiger partial charge in [0.15, 0.2) is 5.60 Å². The van der Waals surface area contributed by atoms with Crippen molar-refractivity contribution in [2.75, 3.05) is 11.2 Å². The van der Waals surface area contributed by atoms with Crippen LogP contribution in [0.25, 0.3) is 0 Å². The van der Waals surface area contributed by atoms with E-state index in [1.165, 1.54) is 19.1 Å². The molecule has 0 saturated heterocycles. The van der Waals surface area contributed by atoms with Gasteiger partial charge in [0.05, 0.1) is 20.9 Å². The third-order valence-corrected chi connectivity index (χ3v) is 3.71. The number of rotatable bonds is 3. The molecule has 0 spiro atoms. The third-order valence-electron chi connectivity index (χ3n) is 1.99. The number of amides is 1. The SMILES string of the molecule is CC(O)(CCl)C(=O)Nc1cc(Cl)c(Cl)c(Cl)c1. The third kappa shape index (κ3) is 3.63. The van der Waals surface area contributed by atoms with Crippen LogP contribution in [0.4, 0.5) is 5.69 Å². The number of carbonyl (C=O) groups is 1. The fraction of sp³-hybridized carbons (Fsp3) is 0.300. The molecule has 94 valence electrons. The number of benzene rings is 1. The van der Waals surface area contributed by atoms with Crippen molar-refractivity contribution in [3.05, 3.63) is 27.2 Å². The van der Waals surface area contributed by atoms with Crippen LogP contribution >= 0.6 is 46.4 Å². The Bertz CT molecular complexity index is 425. The zero-order valence-electron chi connectivity index (χ0n) is 8.73. The summed E-state index contributed by atoms with van der Waals surface area (Å²) in [6.45, 7) is 1.30. The van der Waals surface area contributed by atoms with E-state index < -0.39 is 11.5 Å². The summed E-state index contributed by atoms with van der Waals surface area (Å²) in [7, 11) is 0. The molecular formula is C10H9Cl4NO2. The summed E-state index contributed by atoms with van der Waals surface area (Å²) < 4.78 is 0. The van der Waals surface area contributed by atoms with E-state index in [0.717, 1.165) is 0 Å². The maximum atomic E-state index is 11.6. The Labute approximate surface area is 119 Å². The second-order valence-corrected chi connectivity index (χ2v) is 5.08. The largest absolute Gasteiger partial charge is 0.379 e. The Kier molecular flexibility index (Phi) is 4.93. The van der Waals surface area contributed by atoms with E-state index >= 15 is 0 Å². The topological polar surface area (TPSA) is 49.3 Å². The number of carbonyl (C=O) groups excluding carboxylic acids is 1. The van der Waals surface area contributed by atoms with Gasteiger partial charge in [-0.3, -0.25) is 4.79 Å². The molecule has 1 aromatic carbocycles. The Hall–Kier alpha value is -0.190. The van der Waals surface area contributed by atoms with Crippen LogP contribution in [0, 0.1) is 0 Å². The summed E-state index contributed by atoms with van der Waals surface area (Å²) in [4.78, 5) is 11.6. The Morgan fingerprint density at radius 3 is 2.24 bits per heavy atom. The summed E-state index contributed by atoms with van der Waals surface area (Å²) >= 11 is 22.8. The first-order valence-corrected chi connectivity index (χ1v) is 6.19. The van der Waals surface area contributed by atoms with Crippen molar-refractivity contribution in [3.63, 3.8) is 0 Å². The standard InChI is InChI=1S/C10H9Cl4NO2/c1-10(17,4-11)9(16)15-5-2-6(12)8(14)7(13)3-5/h2-3,17H,4H2,1H3,(H,15,16). The van der Waals surface area contributed by atoms with Crippen LogP contribution in [0.5, 0.6) is 0 Å². The van der Waals surface area contributed by atoms with Crippen LogP contribution in [0.1, 0.15) is 6.92 Å². The van der Waals surface area contributed by atoms with E-state index in [2.05, 4.69) is 5.32 Å². The quantitative estimate of drug-likeness (QED) is 0.661. The molecule has 0 heterocycles. The zero-order valence-corrected chi connectivity index (χ0v) is 11.8. The minimum Gasteiger partial charge on any atom is -0.379 e. The predicted octanol–water partition coefficient (Wildman–Crippen LogP) is 3.58. The molecule has 1 aromatic rings. The number of anilines is 1. The van der Waals surface area contributed by atoms with Gasteiger partial charge in [-0.05, 0) is 19.1 Å². The normalized spacial score (nSPS) is 14.2. The molecule has 1 unspecified atom stereocenters. The minimum atomic E-state index is -1.67. The van der Waals surface area contributed by atoms with Crippen LogP contribution in [0.2, 0.25) is 15.1 Å². The van der Waals surface area contributed by atoms with Crippen molar-refractivity contribution in [3.8, 4) is 0 Å². The Balaban J connectivity index is 2.94. The van der Waals surface area contributed by atoms with Crippen LogP contribution in [-0.4, -0.2) is 22.5 Å². The fourth-order valence-electron chi connectivity index (χ4n) is 0.954. The van der Waals surface area contributed by atoms with Crippen LogP contribution in [0.3, 0.4) is 0 Å². The highest BCUT2D eigenvalue weighted by molar-refractivity contribution is 6.48. The Morgan fingerprint density at radius 2 is 1.82 bits per heavy atom. The van der Waals surface area contributed by atoms with E-state index in [-0.39, 0.29) is 20.9 Å². The number of nitrogens with one attached hydrogen (secondary N) is 1. The molecule has 1 rings (SSSR count). The monoisotopic (exact) mass is 315 g/mol. The van der Waals surface area contributed by atoms with Crippen LogP contribution < -0.4 is 5.32 Å². The molecule has 0 saturated carbocycles. The lowest BCUT2D eigenvalue weighted by atomic mass is 10.1. The van der Waals surface area contributed by atoms with Crippen molar-refractivity contribution in [2.45, 2.75) is 12.5 Å². The number of alkyl halides is 1. The molecule has 2 N–H and O–H groups in total. The van der Waals surface area contributed by atoms with Gasteiger partial charge in [0, 0.05) is 5.69 Å². The van der Waals surface area contributed by atoms with Crippen molar-refractivity contribution in [2.24, 2.45) is 0 Å². The molecule has 0 aliphatic carbocycles. The summed E-state index contributed by atoms with van der Waals surface area (Å²) in [5.41, 5.74) is -1.33. The summed E-state index contributed by atoms with van der Waals surface area (Å²) in [6.07, 6.45) is 0. The fourth-order valence-corrected chi connectivity index (χ4v) is 1.67. The maximum Gasteiger partial charge on any atom is 0.257 e. The lowest BCUT2D eigenvalue weighted by Gasteiger charge is -2.19. The molecule has 0 aromatic heterocycles. The minimum absolute atomic E-state index is 0.204. The van der Waals surface area contributed by atoms with Gasteiger partial charge >= 0.3 is 0 Å². The van der Waals surface area contributed by atoms with Crippen LogP contribution in [0.15, 0.2) is 12.1 Å². The number of hydrogen-bond donors (Lipinski definition) is 2. The smallest absolute Gasteiger partial charge is 0.257 e. The molecule has 0 aliphatic heterocycles. The van der Waals surface area contributed by atoms with E-state index in [0.29, 0.717) is 5.69 Å². The first-order valence-electron chi connectivity index (χ1n) is 4.52. The van der Waals surface area contributed by atoms with Gasteiger partial charge in [-0.25, -0.2) is 0 Å². The van der Waals surface area contributed by atoms with E-state index in [9.17, 15) is 9.90 Å². The molecule has 0 bridgehead atoms. The van der Waals surface area contributed by atoms with Gasteiger partial charge in [-0.2, -0.15) is 0 Å². The van der Waals surface area contributed by atoms with Crippen molar-refractivity contribution >= 4 is 58.0 Å². The summed E-state index contributed by atoms with van der Waals surface area (Å²) in [5.74, 6) is -0.879. The molecule has 17 heavy (non-hydrogen) atoms. The van der Waals surface area contributed by atoms with Crippen molar-refractivity contribution < 1.29 is 9.90 Å². The van der Waals surface area contributed by atoms with Crippen molar-refractivity contribution in [1.29, 1.82) is 0 Å². The first kappa shape index (κ1) is 14.9. The average molecular weight is 317 g/mol. The van der Waals surface area contributed by atoms with Crippen LogP contribution in [-0.2, 0) is 4.79 Å². The highest BCUT2D eigenvalue weighted by Crippen LogP contribution is 2.33. The molecule has 7 heteroatoms. The van der Waals surface area contributed by atoms with E-state index in [1.54, 1.807) is 0 Å². The number of aliphatic hydroxyl groups is 1. The number of halogens is 4. The molecule has 1 atom stereocenters. The van der Waals surface area contributed by atoms with E-state index in [4.69, 9.17) is 46.4 Å². The summed E-state index contributed by atoms with van der Waals surface area (Å²) in [5, 5.41) is 12.7. The number of hydrogen-bond acceptors (Lipinski definition) is 2. The van der Waals surface area contributed by atoms with Gasteiger partial charge in [0.2, 0.25) is 0 Å². The lowest BCUT2D eigenvalue weighted by Crippen LogP contribution is -2.41. The summed E-state index contributed by atoms with van der Waals surface area (Å²) in [6, 6.07) is 2.86. The van der Waals surface area contributed by atoms with Gasteiger partial charge in [0.25, 0.3) is 5.91 Å². The molecule has 3 nitrogen and oxygen atoms in total. The van der Waals surface area contributed by atoms with E-state index in [1.807, 2.05) is 0 Å². The van der Waals surface area contributed by atoms with Gasteiger partial charge in [-0.15, -0.1) is 11.6 Å². The highest BCUT2D eigenvalue weighted by Gasteiger charge is 2.29. The first-order chi connectivity index (χ1) is 7.77. The predicted molar refractivity (Wildman–Crippen MR) is 71.4 cm³/mol. The Morgan fingerprint density at radius 1 is 1.35 bits per heavy atom. The van der Waals surface area contributed by atoms with Gasteiger partial charge < -0.3 is 10.4 Å². The second kappa shape index (κ2) is 5.63. The van der Waals surface area contributed by atoms with Gasteiger partial charge in [0.1, 0.15) is 0 Å². The maximum absolute atomic E-state index is 11.6. The second-order valence-electron chi connectivity index (χ2n) is 3.62.